The van der Waals surface area contributed by atoms with E-state index in [1.54, 1.807) is 62.8 Å². The Morgan fingerprint density at radius 2 is 1.37 bits per heavy atom. The fourth-order valence-corrected chi connectivity index (χ4v) is 4.53. The third-order valence-electron chi connectivity index (χ3n) is 4.69. The summed E-state index contributed by atoms with van der Waals surface area (Å²) in [4.78, 5) is 0.150. The molecule has 0 aliphatic heterocycles. The van der Waals surface area contributed by atoms with Crippen molar-refractivity contribution in [2.45, 2.75) is 18.4 Å². The molecule has 3 aromatic rings. The first-order chi connectivity index (χ1) is 14.4. The van der Waals surface area contributed by atoms with Crippen molar-refractivity contribution in [1.82, 2.24) is 0 Å². The highest BCUT2D eigenvalue weighted by atomic mass is 32.2. The largest absolute Gasteiger partial charge is 0.497 e. The summed E-state index contributed by atoms with van der Waals surface area (Å²) >= 11 is 0. The van der Waals surface area contributed by atoms with Crippen molar-refractivity contribution < 1.29 is 22.6 Å². The molecule has 3 aromatic carbocycles. The molecule has 0 saturated carbocycles. The van der Waals surface area contributed by atoms with Crippen molar-refractivity contribution in [1.29, 1.82) is 0 Å². The lowest BCUT2D eigenvalue weighted by molar-refractivity contribution is 0.393. The molecule has 0 aromatic heterocycles. The van der Waals surface area contributed by atoms with Gasteiger partial charge in [-0.3, -0.25) is 4.31 Å². The van der Waals surface area contributed by atoms with Gasteiger partial charge in [-0.25, -0.2) is 8.42 Å². The minimum absolute atomic E-state index is 0.107. The zero-order valence-corrected chi connectivity index (χ0v) is 18.3. The zero-order valence-electron chi connectivity index (χ0n) is 17.5. The van der Waals surface area contributed by atoms with Crippen LogP contribution in [0.25, 0.3) is 0 Å². The van der Waals surface area contributed by atoms with E-state index in [4.69, 9.17) is 14.2 Å². The second-order valence-corrected chi connectivity index (χ2v) is 8.61. The summed E-state index contributed by atoms with van der Waals surface area (Å²) in [6.07, 6.45) is 0. The van der Waals surface area contributed by atoms with Crippen molar-refractivity contribution in [3.05, 3.63) is 77.9 Å². The Hall–Kier alpha value is -3.19. The Morgan fingerprint density at radius 3 is 1.93 bits per heavy atom. The third-order valence-corrected chi connectivity index (χ3v) is 6.46. The van der Waals surface area contributed by atoms with Gasteiger partial charge < -0.3 is 14.2 Å². The maximum Gasteiger partial charge on any atom is 0.264 e. The standard InChI is InChI=1S/C23H25NO5S/c1-17-8-10-19(11-9-17)24(16-18-12-21(28-3)14-22(13-18)29-4)30(25,26)23-7-5-6-20(15-23)27-2/h5-15H,16H2,1-4H3. The average molecular weight is 428 g/mol. The Morgan fingerprint density at radius 1 is 0.767 bits per heavy atom. The van der Waals surface area contributed by atoms with Gasteiger partial charge in [0.25, 0.3) is 10.0 Å². The maximum absolute atomic E-state index is 13.6. The number of aryl methyl sites for hydroxylation is 1. The van der Waals surface area contributed by atoms with Crippen LogP contribution in [0.4, 0.5) is 5.69 Å². The molecule has 0 bridgehead atoms. The average Bonchev–Trinajstić information content (AvgIpc) is 2.77. The number of hydrogen-bond donors (Lipinski definition) is 0. The fraction of sp³-hybridized carbons (Fsp3) is 0.217. The molecule has 0 N–H and O–H groups in total. The monoisotopic (exact) mass is 427 g/mol. The molecular formula is C23H25NO5S. The molecule has 0 radical (unpaired) electrons. The molecular weight excluding hydrogens is 402 g/mol. The highest BCUT2D eigenvalue weighted by Gasteiger charge is 2.26. The number of anilines is 1. The molecule has 0 spiro atoms. The van der Waals surface area contributed by atoms with Gasteiger partial charge in [0, 0.05) is 12.1 Å². The summed E-state index contributed by atoms with van der Waals surface area (Å²) in [5.41, 5.74) is 2.34. The van der Waals surface area contributed by atoms with Crippen molar-refractivity contribution in [3.8, 4) is 17.2 Å². The van der Waals surface area contributed by atoms with E-state index in [0.717, 1.165) is 11.1 Å². The van der Waals surface area contributed by atoms with E-state index in [1.165, 1.54) is 17.5 Å². The summed E-state index contributed by atoms with van der Waals surface area (Å²) in [6.45, 7) is 2.06. The van der Waals surface area contributed by atoms with Crippen LogP contribution in [0.5, 0.6) is 17.2 Å². The molecule has 158 valence electrons. The van der Waals surface area contributed by atoms with Gasteiger partial charge in [-0.05, 0) is 48.9 Å². The molecule has 0 aliphatic carbocycles. The molecule has 0 heterocycles. The minimum Gasteiger partial charge on any atom is -0.497 e. The second kappa shape index (κ2) is 9.09. The summed E-state index contributed by atoms with van der Waals surface area (Å²) < 4.78 is 44.5. The van der Waals surface area contributed by atoms with Crippen LogP contribution in [0.3, 0.4) is 0 Å². The Labute approximate surface area is 177 Å². The number of sulfonamides is 1. The zero-order chi connectivity index (χ0) is 21.7. The predicted molar refractivity (Wildman–Crippen MR) is 117 cm³/mol. The SMILES string of the molecule is COc1cc(CN(c2ccc(C)cc2)S(=O)(=O)c2cccc(OC)c2)cc(OC)c1. The molecule has 0 atom stereocenters. The number of benzene rings is 3. The lowest BCUT2D eigenvalue weighted by atomic mass is 10.2. The Kier molecular flexibility index (Phi) is 6.52. The van der Waals surface area contributed by atoms with Crippen molar-refractivity contribution in [2.24, 2.45) is 0 Å². The molecule has 30 heavy (non-hydrogen) atoms. The summed E-state index contributed by atoms with van der Waals surface area (Å²) in [5, 5.41) is 0. The van der Waals surface area contributed by atoms with Gasteiger partial charge in [0.1, 0.15) is 17.2 Å². The number of methoxy groups -OCH3 is 3. The first kappa shape index (κ1) is 21.5. The van der Waals surface area contributed by atoms with Crippen LogP contribution in [0, 0.1) is 6.92 Å². The van der Waals surface area contributed by atoms with Crippen molar-refractivity contribution in [2.75, 3.05) is 25.6 Å². The number of ether oxygens (including phenoxy) is 3. The van der Waals surface area contributed by atoms with Crippen LogP contribution in [0.2, 0.25) is 0 Å². The van der Waals surface area contributed by atoms with Crippen LogP contribution in [-0.2, 0) is 16.6 Å². The first-order valence-corrected chi connectivity index (χ1v) is 10.8. The van der Waals surface area contributed by atoms with Gasteiger partial charge in [0.15, 0.2) is 0 Å². The molecule has 0 fully saturated rings. The normalized spacial score (nSPS) is 11.1. The van der Waals surface area contributed by atoms with E-state index in [1.807, 2.05) is 19.1 Å². The molecule has 0 saturated heterocycles. The Bertz CT molecular complexity index is 1090. The minimum atomic E-state index is -3.87. The van der Waals surface area contributed by atoms with Crippen LogP contribution in [0.15, 0.2) is 71.6 Å². The fourth-order valence-electron chi connectivity index (χ4n) is 3.04. The molecule has 7 heteroatoms. The van der Waals surface area contributed by atoms with Gasteiger partial charge in [-0.2, -0.15) is 0 Å². The van der Waals surface area contributed by atoms with Gasteiger partial charge in [-0.1, -0.05) is 23.8 Å². The molecule has 0 aliphatic rings. The molecule has 0 unspecified atom stereocenters. The first-order valence-electron chi connectivity index (χ1n) is 9.33. The third kappa shape index (κ3) is 4.68. The van der Waals surface area contributed by atoms with E-state index in [9.17, 15) is 8.42 Å². The van der Waals surface area contributed by atoms with Crippen LogP contribution < -0.4 is 18.5 Å². The quantitative estimate of drug-likeness (QED) is 0.533. The van der Waals surface area contributed by atoms with E-state index >= 15 is 0 Å². The van der Waals surface area contributed by atoms with Crippen LogP contribution in [0.1, 0.15) is 11.1 Å². The van der Waals surface area contributed by atoms with Crippen LogP contribution >= 0.6 is 0 Å². The van der Waals surface area contributed by atoms with E-state index in [0.29, 0.717) is 22.9 Å². The van der Waals surface area contributed by atoms with Gasteiger partial charge in [-0.15, -0.1) is 0 Å². The lowest BCUT2D eigenvalue weighted by Gasteiger charge is -2.25. The smallest absolute Gasteiger partial charge is 0.264 e. The van der Waals surface area contributed by atoms with Gasteiger partial charge in [0.2, 0.25) is 0 Å². The van der Waals surface area contributed by atoms with Gasteiger partial charge >= 0.3 is 0 Å². The molecule has 6 nitrogen and oxygen atoms in total. The Balaban J connectivity index is 2.10. The van der Waals surface area contributed by atoms with Crippen molar-refractivity contribution >= 4 is 15.7 Å². The van der Waals surface area contributed by atoms with Crippen molar-refractivity contribution in [3.63, 3.8) is 0 Å². The summed E-state index contributed by atoms with van der Waals surface area (Å²) in [7, 11) is 0.758. The predicted octanol–water partition coefficient (Wildman–Crippen LogP) is 4.42. The highest BCUT2D eigenvalue weighted by Crippen LogP contribution is 2.30. The molecule has 0 amide bonds. The topological polar surface area (TPSA) is 65.1 Å². The highest BCUT2D eigenvalue weighted by molar-refractivity contribution is 7.92. The second-order valence-electron chi connectivity index (χ2n) is 6.75. The number of rotatable bonds is 8. The van der Waals surface area contributed by atoms with E-state index in [2.05, 4.69) is 0 Å². The number of nitrogens with zero attached hydrogens (tertiary/aromatic N) is 1. The van der Waals surface area contributed by atoms with E-state index < -0.39 is 10.0 Å². The molecule has 3 rings (SSSR count). The van der Waals surface area contributed by atoms with E-state index in [-0.39, 0.29) is 11.4 Å². The maximum atomic E-state index is 13.6. The number of hydrogen-bond acceptors (Lipinski definition) is 5. The van der Waals surface area contributed by atoms with Crippen LogP contribution in [-0.4, -0.2) is 29.7 Å². The summed E-state index contributed by atoms with van der Waals surface area (Å²) in [6, 6.07) is 19.1. The summed E-state index contributed by atoms with van der Waals surface area (Å²) in [5.74, 6) is 1.65. The van der Waals surface area contributed by atoms with Gasteiger partial charge in [0.05, 0.1) is 38.5 Å². The lowest BCUT2D eigenvalue weighted by Crippen LogP contribution is -2.30.